The number of hydrogen-bond donors (Lipinski definition) is 1. The molecule has 30 heavy (non-hydrogen) atoms. The van der Waals surface area contributed by atoms with E-state index in [4.69, 9.17) is 25.8 Å². The Balaban J connectivity index is 1.67. The van der Waals surface area contributed by atoms with E-state index in [-0.39, 0.29) is 12.5 Å². The number of nitrogens with one attached hydrogen (secondary N) is 1. The number of carbonyl (C=O) groups is 1. The van der Waals surface area contributed by atoms with Crippen molar-refractivity contribution in [3.05, 3.63) is 64.9 Å². The van der Waals surface area contributed by atoms with Crippen molar-refractivity contribution in [2.24, 2.45) is 0 Å². The second-order valence-electron chi connectivity index (χ2n) is 6.47. The Hall–Kier alpha value is -3.19. The number of methoxy groups -OCH3 is 2. The second kappa shape index (κ2) is 10.0. The SMILES string of the molecule is CCCOc1c(Cl)cc(C(=O)NCc2ccn(-c3ccc(OC)cc3)n2)cc1OC. The van der Waals surface area contributed by atoms with Gasteiger partial charge in [-0.1, -0.05) is 18.5 Å². The molecule has 0 spiro atoms. The van der Waals surface area contributed by atoms with E-state index in [0.29, 0.717) is 28.7 Å². The highest BCUT2D eigenvalue weighted by atomic mass is 35.5. The molecule has 3 aromatic rings. The first-order valence-corrected chi connectivity index (χ1v) is 9.91. The van der Waals surface area contributed by atoms with E-state index in [0.717, 1.165) is 23.6 Å². The average Bonchev–Trinajstić information content (AvgIpc) is 3.25. The second-order valence-corrected chi connectivity index (χ2v) is 6.88. The minimum atomic E-state index is -0.281. The van der Waals surface area contributed by atoms with Crippen molar-refractivity contribution in [2.45, 2.75) is 19.9 Å². The smallest absolute Gasteiger partial charge is 0.251 e. The predicted molar refractivity (Wildman–Crippen MR) is 115 cm³/mol. The van der Waals surface area contributed by atoms with Crippen LogP contribution in [-0.2, 0) is 6.54 Å². The fourth-order valence-corrected chi connectivity index (χ4v) is 3.07. The lowest BCUT2D eigenvalue weighted by Crippen LogP contribution is -2.23. The lowest BCUT2D eigenvalue weighted by molar-refractivity contribution is 0.0950. The van der Waals surface area contributed by atoms with Gasteiger partial charge in [-0.05, 0) is 48.9 Å². The molecule has 1 N–H and O–H groups in total. The van der Waals surface area contributed by atoms with Gasteiger partial charge in [0.15, 0.2) is 11.5 Å². The maximum absolute atomic E-state index is 12.6. The van der Waals surface area contributed by atoms with E-state index < -0.39 is 0 Å². The van der Waals surface area contributed by atoms with E-state index in [1.807, 2.05) is 43.5 Å². The van der Waals surface area contributed by atoms with E-state index in [2.05, 4.69) is 10.4 Å². The van der Waals surface area contributed by atoms with Crippen molar-refractivity contribution in [1.82, 2.24) is 15.1 Å². The quantitative estimate of drug-likeness (QED) is 0.550. The molecular formula is C22H24ClN3O4. The number of halogens is 1. The number of carbonyl (C=O) groups excluding carboxylic acids is 1. The Morgan fingerprint density at radius 1 is 1.13 bits per heavy atom. The summed E-state index contributed by atoms with van der Waals surface area (Å²) >= 11 is 6.29. The standard InChI is InChI=1S/C22H24ClN3O4/c1-4-11-30-21-19(23)12-15(13-20(21)29-3)22(27)24-14-16-9-10-26(25-16)17-5-7-18(28-2)8-6-17/h5-10,12-13H,4,11,14H2,1-3H3,(H,24,27). The Morgan fingerprint density at radius 3 is 2.57 bits per heavy atom. The van der Waals surface area contributed by atoms with Crippen LogP contribution in [-0.4, -0.2) is 36.5 Å². The van der Waals surface area contributed by atoms with Gasteiger partial charge in [-0.15, -0.1) is 0 Å². The molecular weight excluding hydrogens is 406 g/mol. The molecule has 0 aliphatic carbocycles. The van der Waals surface area contributed by atoms with Crippen LogP contribution in [0.4, 0.5) is 0 Å². The van der Waals surface area contributed by atoms with E-state index in [9.17, 15) is 4.79 Å². The first-order chi connectivity index (χ1) is 14.5. The summed E-state index contributed by atoms with van der Waals surface area (Å²) < 4.78 is 17.9. The highest BCUT2D eigenvalue weighted by molar-refractivity contribution is 6.32. The van der Waals surface area contributed by atoms with Gasteiger partial charge in [0.1, 0.15) is 5.75 Å². The van der Waals surface area contributed by atoms with E-state index in [1.54, 1.807) is 23.9 Å². The zero-order valence-electron chi connectivity index (χ0n) is 17.1. The molecule has 158 valence electrons. The Bertz CT molecular complexity index is 1000. The van der Waals surface area contributed by atoms with Gasteiger partial charge in [-0.3, -0.25) is 4.79 Å². The lowest BCUT2D eigenvalue weighted by Gasteiger charge is -2.13. The summed E-state index contributed by atoms with van der Waals surface area (Å²) in [6.45, 7) is 2.78. The molecule has 1 amide bonds. The molecule has 0 aliphatic rings. The van der Waals surface area contributed by atoms with Crippen LogP contribution < -0.4 is 19.5 Å². The summed E-state index contributed by atoms with van der Waals surface area (Å²) in [4.78, 5) is 12.6. The van der Waals surface area contributed by atoms with Gasteiger partial charge < -0.3 is 19.5 Å². The fourth-order valence-electron chi connectivity index (χ4n) is 2.80. The molecule has 0 aliphatic heterocycles. The van der Waals surface area contributed by atoms with Gasteiger partial charge >= 0.3 is 0 Å². The molecule has 8 heteroatoms. The number of hydrogen-bond acceptors (Lipinski definition) is 5. The Morgan fingerprint density at radius 2 is 1.90 bits per heavy atom. The molecule has 0 unspecified atom stereocenters. The van der Waals surface area contributed by atoms with Crippen molar-refractivity contribution < 1.29 is 19.0 Å². The summed E-state index contributed by atoms with van der Waals surface area (Å²) in [5.41, 5.74) is 2.00. The van der Waals surface area contributed by atoms with Crippen molar-refractivity contribution in [3.63, 3.8) is 0 Å². The van der Waals surface area contributed by atoms with Crippen LogP contribution in [0.3, 0.4) is 0 Å². The molecule has 7 nitrogen and oxygen atoms in total. The van der Waals surface area contributed by atoms with Gasteiger partial charge in [-0.25, -0.2) is 4.68 Å². The molecule has 0 fully saturated rings. The third-order valence-corrected chi connectivity index (χ3v) is 4.63. The third-order valence-electron chi connectivity index (χ3n) is 4.35. The predicted octanol–water partition coefficient (Wildman–Crippen LogP) is 4.26. The molecule has 0 bridgehead atoms. The normalized spacial score (nSPS) is 10.5. The molecule has 1 aromatic heterocycles. The number of amides is 1. The van der Waals surface area contributed by atoms with Crippen LogP contribution in [0.15, 0.2) is 48.7 Å². The zero-order chi connectivity index (χ0) is 21.5. The van der Waals surface area contributed by atoms with Gasteiger partial charge in [0, 0.05) is 11.8 Å². The largest absolute Gasteiger partial charge is 0.497 e. The summed E-state index contributed by atoms with van der Waals surface area (Å²) in [7, 11) is 3.14. The monoisotopic (exact) mass is 429 g/mol. The number of aromatic nitrogens is 2. The highest BCUT2D eigenvalue weighted by Crippen LogP contribution is 2.36. The molecule has 0 radical (unpaired) electrons. The number of benzene rings is 2. The van der Waals surface area contributed by atoms with Crippen LogP contribution >= 0.6 is 11.6 Å². The maximum Gasteiger partial charge on any atom is 0.251 e. The molecule has 0 saturated carbocycles. The topological polar surface area (TPSA) is 74.6 Å². The average molecular weight is 430 g/mol. The maximum atomic E-state index is 12.6. The zero-order valence-corrected chi connectivity index (χ0v) is 17.9. The number of nitrogens with zero attached hydrogens (tertiary/aromatic N) is 2. The Kier molecular flexibility index (Phi) is 7.19. The van der Waals surface area contributed by atoms with Crippen LogP contribution in [0.5, 0.6) is 17.2 Å². The molecule has 0 saturated heterocycles. The van der Waals surface area contributed by atoms with Gasteiger partial charge in [0.25, 0.3) is 5.91 Å². The summed E-state index contributed by atoms with van der Waals surface area (Å²) in [6.07, 6.45) is 2.67. The number of ether oxygens (including phenoxy) is 3. The first-order valence-electron chi connectivity index (χ1n) is 9.53. The van der Waals surface area contributed by atoms with Gasteiger partial charge in [0.05, 0.1) is 43.8 Å². The molecule has 0 atom stereocenters. The third kappa shape index (κ3) is 5.04. The van der Waals surface area contributed by atoms with Crippen LogP contribution in [0.1, 0.15) is 29.4 Å². The van der Waals surface area contributed by atoms with Crippen molar-refractivity contribution >= 4 is 17.5 Å². The van der Waals surface area contributed by atoms with E-state index >= 15 is 0 Å². The van der Waals surface area contributed by atoms with Crippen molar-refractivity contribution in [3.8, 4) is 22.9 Å². The number of rotatable bonds is 9. The van der Waals surface area contributed by atoms with Crippen molar-refractivity contribution in [1.29, 1.82) is 0 Å². The molecule has 1 heterocycles. The van der Waals surface area contributed by atoms with Crippen LogP contribution in [0.2, 0.25) is 5.02 Å². The van der Waals surface area contributed by atoms with Crippen LogP contribution in [0, 0.1) is 0 Å². The fraction of sp³-hybridized carbons (Fsp3) is 0.273. The van der Waals surface area contributed by atoms with Crippen molar-refractivity contribution in [2.75, 3.05) is 20.8 Å². The van der Waals surface area contributed by atoms with Crippen LogP contribution in [0.25, 0.3) is 5.69 Å². The summed E-state index contributed by atoms with van der Waals surface area (Å²) in [6, 6.07) is 12.6. The van der Waals surface area contributed by atoms with E-state index in [1.165, 1.54) is 7.11 Å². The summed E-state index contributed by atoms with van der Waals surface area (Å²) in [5.74, 6) is 1.36. The Labute approximate surface area is 180 Å². The first kappa shape index (κ1) is 21.5. The highest BCUT2D eigenvalue weighted by Gasteiger charge is 2.16. The minimum absolute atomic E-state index is 0.274. The van der Waals surface area contributed by atoms with Gasteiger partial charge in [-0.2, -0.15) is 5.10 Å². The lowest BCUT2D eigenvalue weighted by atomic mass is 10.2. The molecule has 3 rings (SSSR count). The molecule has 2 aromatic carbocycles. The minimum Gasteiger partial charge on any atom is -0.497 e. The van der Waals surface area contributed by atoms with Gasteiger partial charge in [0.2, 0.25) is 0 Å². The summed E-state index contributed by atoms with van der Waals surface area (Å²) in [5, 5.41) is 7.67.